The van der Waals surface area contributed by atoms with Crippen LogP contribution in [0.2, 0.25) is 0 Å². The van der Waals surface area contributed by atoms with Gasteiger partial charge in [0.05, 0.1) is 11.0 Å². The van der Waals surface area contributed by atoms with Gasteiger partial charge in [-0.25, -0.2) is 0 Å². The van der Waals surface area contributed by atoms with Gasteiger partial charge in [-0.15, -0.1) is 0 Å². The summed E-state index contributed by atoms with van der Waals surface area (Å²) in [5.41, 5.74) is 1.40. The number of para-hydroxylation sites is 2. The second-order valence-electron chi connectivity index (χ2n) is 7.25. The number of carbonyl (C=O) groups excluding carboxylic acids is 2. The molecule has 28 heavy (non-hydrogen) atoms. The number of pyridine rings is 1. The Balaban J connectivity index is 1.76. The van der Waals surface area contributed by atoms with Crippen molar-refractivity contribution in [1.82, 2.24) is 15.2 Å². The van der Waals surface area contributed by atoms with Crippen molar-refractivity contribution >= 4 is 33.6 Å². The van der Waals surface area contributed by atoms with Crippen LogP contribution in [-0.2, 0) is 16.1 Å². The first-order valence-corrected chi connectivity index (χ1v) is 9.51. The first kappa shape index (κ1) is 19.6. The van der Waals surface area contributed by atoms with Gasteiger partial charge in [0.25, 0.3) is 0 Å². The van der Waals surface area contributed by atoms with Crippen LogP contribution in [0.4, 0.5) is 0 Å². The predicted octanol–water partition coefficient (Wildman–Crippen LogP) is 2.43. The Morgan fingerprint density at radius 1 is 0.893 bits per heavy atom. The van der Waals surface area contributed by atoms with Crippen LogP contribution in [0.1, 0.15) is 20.3 Å². The van der Waals surface area contributed by atoms with E-state index in [9.17, 15) is 14.4 Å². The fraction of sp³-hybridized carbons (Fsp3) is 0.318. The number of fused-ring (bicyclic) bond motifs is 2. The summed E-state index contributed by atoms with van der Waals surface area (Å²) in [5, 5.41) is 6.80. The molecule has 0 saturated carbocycles. The Bertz CT molecular complexity index is 1010. The van der Waals surface area contributed by atoms with Crippen molar-refractivity contribution in [2.24, 2.45) is 5.92 Å². The molecule has 3 aromatic rings. The highest BCUT2D eigenvalue weighted by molar-refractivity contribution is 5.94. The highest BCUT2D eigenvalue weighted by Gasteiger charge is 2.13. The van der Waals surface area contributed by atoms with E-state index >= 15 is 0 Å². The summed E-state index contributed by atoms with van der Waals surface area (Å²) < 4.78 is 1.85. The number of aromatic nitrogens is 1. The van der Waals surface area contributed by atoms with Crippen molar-refractivity contribution in [2.45, 2.75) is 26.8 Å². The van der Waals surface area contributed by atoms with Gasteiger partial charge < -0.3 is 15.2 Å². The Morgan fingerprint density at radius 2 is 1.46 bits per heavy atom. The first-order valence-electron chi connectivity index (χ1n) is 9.51. The first-order chi connectivity index (χ1) is 13.5. The van der Waals surface area contributed by atoms with E-state index in [1.54, 1.807) is 12.1 Å². The topological polar surface area (TPSA) is 80.2 Å². The van der Waals surface area contributed by atoms with Crippen molar-refractivity contribution in [3.63, 3.8) is 0 Å². The third-order valence-electron chi connectivity index (χ3n) is 4.56. The Kier molecular flexibility index (Phi) is 6.09. The lowest BCUT2D eigenvalue weighted by atomic mass is 10.1. The second-order valence-corrected chi connectivity index (χ2v) is 7.25. The number of rotatable bonds is 7. The van der Waals surface area contributed by atoms with Crippen LogP contribution in [-0.4, -0.2) is 29.5 Å². The summed E-state index contributed by atoms with van der Waals surface area (Å²) in [6.07, 6.45) is 0.240. The molecule has 0 aliphatic rings. The van der Waals surface area contributed by atoms with E-state index in [1.807, 2.05) is 54.8 Å². The van der Waals surface area contributed by atoms with Gasteiger partial charge in [-0.05, 0) is 30.2 Å². The van der Waals surface area contributed by atoms with Crippen LogP contribution < -0.4 is 16.1 Å². The molecule has 0 aliphatic heterocycles. The number of carbonyl (C=O) groups is 2. The highest BCUT2D eigenvalue weighted by atomic mass is 16.2. The van der Waals surface area contributed by atoms with Gasteiger partial charge in [0.15, 0.2) is 5.43 Å². The third-order valence-corrected chi connectivity index (χ3v) is 4.56. The molecule has 2 aromatic carbocycles. The van der Waals surface area contributed by atoms with Crippen molar-refractivity contribution < 1.29 is 9.59 Å². The van der Waals surface area contributed by atoms with E-state index in [-0.39, 0.29) is 36.8 Å². The summed E-state index contributed by atoms with van der Waals surface area (Å²) in [5.74, 6) is 0.115. The standard InChI is InChI=1S/C22H25N3O3/c1-15(2)13-24-20(26)11-12-23-21(27)14-25-18-9-5-3-7-16(18)22(28)17-8-4-6-10-19(17)25/h3-10,15H,11-14H2,1-2H3,(H,23,27)(H,24,26). The molecule has 1 aromatic heterocycles. The summed E-state index contributed by atoms with van der Waals surface area (Å²) in [4.78, 5) is 37.0. The van der Waals surface area contributed by atoms with Crippen molar-refractivity contribution in [2.75, 3.05) is 13.1 Å². The van der Waals surface area contributed by atoms with Gasteiger partial charge in [-0.1, -0.05) is 38.1 Å². The molecule has 6 nitrogen and oxygen atoms in total. The molecule has 0 aliphatic carbocycles. The van der Waals surface area contributed by atoms with Crippen molar-refractivity contribution in [3.05, 3.63) is 58.8 Å². The number of amides is 2. The van der Waals surface area contributed by atoms with Gasteiger partial charge in [-0.2, -0.15) is 0 Å². The normalized spacial score (nSPS) is 11.1. The van der Waals surface area contributed by atoms with E-state index in [1.165, 1.54) is 0 Å². The van der Waals surface area contributed by atoms with Crippen LogP contribution in [0.25, 0.3) is 21.8 Å². The Morgan fingerprint density at radius 3 is 2.04 bits per heavy atom. The van der Waals surface area contributed by atoms with Gasteiger partial charge >= 0.3 is 0 Å². The van der Waals surface area contributed by atoms with Crippen LogP contribution in [0.3, 0.4) is 0 Å². The van der Waals surface area contributed by atoms with E-state index in [0.717, 1.165) is 11.0 Å². The van der Waals surface area contributed by atoms with E-state index in [0.29, 0.717) is 23.2 Å². The minimum absolute atomic E-state index is 0.0373. The zero-order chi connectivity index (χ0) is 20.1. The summed E-state index contributed by atoms with van der Waals surface area (Å²) in [6, 6.07) is 14.6. The van der Waals surface area contributed by atoms with Gasteiger partial charge in [-0.3, -0.25) is 14.4 Å². The molecule has 0 spiro atoms. The summed E-state index contributed by atoms with van der Waals surface area (Å²) in [7, 11) is 0. The summed E-state index contributed by atoms with van der Waals surface area (Å²) >= 11 is 0. The number of benzene rings is 2. The Hall–Kier alpha value is -3.15. The number of nitrogens with zero attached hydrogens (tertiary/aromatic N) is 1. The quantitative estimate of drug-likeness (QED) is 0.619. The van der Waals surface area contributed by atoms with Crippen LogP contribution >= 0.6 is 0 Å². The van der Waals surface area contributed by atoms with Gasteiger partial charge in [0.2, 0.25) is 11.8 Å². The molecule has 146 valence electrons. The van der Waals surface area contributed by atoms with E-state index in [2.05, 4.69) is 10.6 Å². The fourth-order valence-corrected chi connectivity index (χ4v) is 3.17. The SMILES string of the molecule is CC(C)CNC(=O)CCNC(=O)Cn1c2ccccc2c(=O)c2ccccc21. The summed E-state index contributed by atoms with van der Waals surface area (Å²) in [6.45, 7) is 5.04. The van der Waals surface area contributed by atoms with Gasteiger partial charge in [0.1, 0.15) is 6.54 Å². The molecule has 1 heterocycles. The van der Waals surface area contributed by atoms with Crippen molar-refractivity contribution in [3.8, 4) is 0 Å². The maximum atomic E-state index is 12.7. The minimum Gasteiger partial charge on any atom is -0.356 e. The predicted molar refractivity (Wildman–Crippen MR) is 111 cm³/mol. The molecule has 0 bridgehead atoms. The fourth-order valence-electron chi connectivity index (χ4n) is 3.17. The molecule has 6 heteroatoms. The largest absolute Gasteiger partial charge is 0.356 e. The highest BCUT2D eigenvalue weighted by Crippen LogP contribution is 2.18. The molecular weight excluding hydrogens is 354 g/mol. The number of hydrogen-bond acceptors (Lipinski definition) is 3. The molecule has 0 fully saturated rings. The lowest BCUT2D eigenvalue weighted by molar-refractivity contribution is -0.122. The van der Waals surface area contributed by atoms with Crippen molar-refractivity contribution in [1.29, 1.82) is 0 Å². The molecule has 0 unspecified atom stereocenters. The van der Waals surface area contributed by atoms with Crippen LogP contribution in [0, 0.1) is 5.92 Å². The number of hydrogen-bond donors (Lipinski definition) is 2. The third kappa shape index (κ3) is 4.39. The zero-order valence-corrected chi connectivity index (χ0v) is 16.2. The zero-order valence-electron chi connectivity index (χ0n) is 16.2. The molecule has 0 saturated heterocycles. The average molecular weight is 379 g/mol. The van der Waals surface area contributed by atoms with E-state index < -0.39 is 0 Å². The maximum absolute atomic E-state index is 12.7. The van der Waals surface area contributed by atoms with Crippen LogP contribution in [0.15, 0.2) is 53.3 Å². The molecular formula is C22H25N3O3. The maximum Gasteiger partial charge on any atom is 0.239 e. The molecule has 2 amide bonds. The Labute approximate surface area is 163 Å². The lowest BCUT2D eigenvalue weighted by Gasteiger charge is -2.15. The second kappa shape index (κ2) is 8.69. The molecule has 3 rings (SSSR count). The van der Waals surface area contributed by atoms with Gasteiger partial charge in [0, 0.05) is 30.3 Å². The van der Waals surface area contributed by atoms with E-state index in [4.69, 9.17) is 0 Å². The average Bonchev–Trinajstić information content (AvgIpc) is 2.69. The lowest BCUT2D eigenvalue weighted by Crippen LogP contribution is -2.34. The molecule has 0 radical (unpaired) electrons. The minimum atomic E-state index is -0.199. The number of nitrogens with one attached hydrogen (secondary N) is 2. The van der Waals surface area contributed by atoms with Crippen LogP contribution in [0.5, 0.6) is 0 Å². The molecule has 2 N–H and O–H groups in total. The molecule has 0 atom stereocenters. The monoisotopic (exact) mass is 379 g/mol. The smallest absolute Gasteiger partial charge is 0.239 e.